The first kappa shape index (κ1) is 21.4. The number of halogens is 1. The Bertz CT molecular complexity index is 925. The van der Waals surface area contributed by atoms with E-state index < -0.39 is 10.8 Å². The van der Waals surface area contributed by atoms with Crippen LogP contribution in [0, 0.1) is 6.92 Å². The van der Waals surface area contributed by atoms with E-state index in [0.29, 0.717) is 24.8 Å². The van der Waals surface area contributed by atoms with E-state index in [4.69, 9.17) is 4.42 Å². The second kappa shape index (κ2) is 10.5. The van der Waals surface area contributed by atoms with Crippen molar-refractivity contribution >= 4 is 51.7 Å². The molecule has 0 radical (unpaired) electrons. The molecule has 27 heavy (non-hydrogen) atoms. The average Bonchev–Trinajstić information content (AvgIpc) is 3.01. The minimum Gasteiger partial charge on any atom is -0.459 e. The van der Waals surface area contributed by atoms with Crippen LogP contribution >= 0.6 is 24.0 Å². The summed E-state index contributed by atoms with van der Waals surface area (Å²) >= 11 is 0. The summed E-state index contributed by atoms with van der Waals surface area (Å²) in [6.45, 7) is 3.17. The molecule has 0 saturated carbocycles. The maximum absolute atomic E-state index is 12.2. The maximum atomic E-state index is 12.2. The summed E-state index contributed by atoms with van der Waals surface area (Å²) in [6, 6.07) is 17.5. The maximum Gasteiger partial charge on any atom is 0.191 e. The van der Waals surface area contributed by atoms with Gasteiger partial charge in [-0.25, -0.2) is 0 Å². The number of aliphatic imine (C=N–C) groups is 1. The first-order valence-electron chi connectivity index (χ1n) is 8.54. The third-order valence-electron chi connectivity index (χ3n) is 4.17. The summed E-state index contributed by atoms with van der Waals surface area (Å²) in [6.07, 6.45) is 0. The van der Waals surface area contributed by atoms with Crippen molar-refractivity contribution < 1.29 is 8.63 Å². The van der Waals surface area contributed by atoms with Crippen LogP contribution in [0.1, 0.15) is 11.3 Å². The Labute approximate surface area is 179 Å². The van der Waals surface area contributed by atoms with E-state index in [1.54, 1.807) is 7.05 Å². The zero-order valence-electron chi connectivity index (χ0n) is 15.4. The van der Waals surface area contributed by atoms with E-state index in [-0.39, 0.29) is 24.0 Å². The van der Waals surface area contributed by atoms with Crippen molar-refractivity contribution in [1.29, 1.82) is 0 Å². The minimum absolute atomic E-state index is 0. The second-order valence-corrected chi connectivity index (χ2v) is 7.43. The number of rotatable bonds is 6. The summed E-state index contributed by atoms with van der Waals surface area (Å²) in [4.78, 5) is 5.05. The molecule has 1 atom stereocenters. The van der Waals surface area contributed by atoms with Crippen molar-refractivity contribution in [3.05, 3.63) is 65.9 Å². The van der Waals surface area contributed by atoms with E-state index in [2.05, 4.69) is 28.6 Å². The van der Waals surface area contributed by atoms with E-state index in [1.807, 2.05) is 48.5 Å². The number of aryl methyl sites for hydroxylation is 1. The predicted molar refractivity (Wildman–Crippen MR) is 122 cm³/mol. The Hall–Kier alpha value is -1.87. The predicted octanol–water partition coefficient (Wildman–Crippen LogP) is 3.83. The first-order valence-corrected chi connectivity index (χ1v) is 9.86. The Kier molecular flexibility index (Phi) is 8.30. The Morgan fingerprint density at radius 2 is 1.78 bits per heavy atom. The first-order chi connectivity index (χ1) is 12.7. The Morgan fingerprint density at radius 1 is 1.07 bits per heavy atom. The molecular formula is C20H24IN3O2S. The largest absolute Gasteiger partial charge is 0.459 e. The summed E-state index contributed by atoms with van der Waals surface area (Å²) in [5, 5.41) is 7.58. The highest BCUT2D eigenvalue weighted by Gasteiger charge is 2.10. The topological polar surface area (TPSA) is 66.6 Å². The highest BCUT2D eigenvalue weighted by atomic mass is 127. The molecule has 7 heteroatoms. The van der Waals surface area contributed by atoms with Gasteiger partial charge in [-0.05, 0) is 25.1 Å². The Morgan fingerprint density at radius 3 is 2.48 bits per heavy atom. The van der Waals surface area contributed by atoms with Gasteiger partial charge in [0.15, 0.2) is 5.96 Å². The van der Waals surface area contributed by atoms with Crippen molar-refractivity contribution in [2.24, 2.45) is 4.99 Å². The van der Waals surface area contributed by atoms with Crippen LogP contribution in [0.15, 0.2) is 68.9 Å². The molecule has 1 unspecified atom stereocenters. The molecule has 0 saturated heterocycles. The second-order valence-electron chi connectivity index (χ2n) is 5.86. The van der Waals surface area contributed by atoms with Gasteiger partial charge >= 0.3 is 0 Å². The molecule has 0 aliphatic carbocycles. The number of guanidine groups is 1. The number of hydrogen-bond donors (Lipinski definition) is 2. The lowest BCUT2D eigenvalue weighted by molar-refractivity contribution is 0.535. The zero-order chi connectivity index (χ0) is 18.4. The van der Waals surface area contributed by atoms with Crippen molar-refractivity contribution in [3.63, 3.8) is 0 Å². The van der Waals surface area contributed by atoms with Crippen molar-refractivity contribution in [1.82, 2.24) is 10.6 Å². The van der Waals surface area contributed by atoms with E-state index in [0.717, 1.165) is 27.2 Å². The van der Waals surface area contributed by atoms with Gasteiger partial charge in [-0.1, -0.05) is 36.4 Å². The smallest absolute Gasteiger partial charge is 0.191 e. The molecule has 2 N–H and O–H groups in total. The van der Waals surface area contributed by atoms with Crippen molar-refractivity contribution in [2.45, 2.75) is 18.4 Å². The van der Waals surface area contributed by atoms with Crippen molar-refractivity contribution in [2.75, 3.05) is 19.3 Å². The van der Waals surface area contributed by atoms with Crippen molar-refractivity contribution in [3.8, 4) is 0 Å². The number of para-hydroxylation sites is 1. The van der Waals surface area contributed by atoms with Crippen LogP contribution in [0.3, 0.4) is 0 Å². The molecule has 144 valence electrons. The molecule has 0 aliphatic heterocycles. The van der Waals surface area contributed by atoms with Crippen LogP contribution in [-0.4, -0.2) is 29.5 Å². The van der Waals surface area contributed by atoms with Gasteiger partial charge in [-0.3, -0.25) is 9.20 Å². The van der Waals surface area contributed by atoms with Gasteiger partial charge < -0.3 is 15.1 Å². The monoisotopic (exact) mass is 497 g/mol. The lowest BCUT2D eigenvalue weighted by Gasteiger charge is -2.11. The number of nitrogens with one attached hydrogen (secondary N) is 2. The third kappa shape index (κ3) is 5.55. The summed E-state index contributed by atoms with van der Waals surface area (Å²) in [5.74, 6) is 2.07. The van der Waals surface area contributed by atoms with E-state index in [9.17, 15) is 4.21 Å². The molecule has 5 nitrogen and oxygen atoms in total. The molecule has 0 aliphatic rings. The van der Waals surface area contributed by atoms with Crippen LogP contribution in [0.25, 0.3) is 11.0 Å². The molecule has 3 rings (SSSR count). The lowest BCUT2D eigenvalue weighted by atomic mass is 10.1. The van der Waals surface area contributed by atoms with Crippen LogP contribution in [0.4, 0.5) is 0 Å². The van der Waals surface area contributed by atoms with Gasteiger partial charge in [0, 0.05) is 35.2 Å². The number of furan rings is 1. The summed E-state index contributed by atoms with van der Waals surface area (Å²) < 4.78 is 18.1. The standard InChI is InChI=1S/C20H23N3O2S.HI/c1-15-17-10-6-7-11-18(17)25-19(15)14-23-20(21-2)22-12-13-26(24)16-8-4-3-5-9-16;/h3-11H,12-14H2,1-2H3,(H2,21,22,23);1H. The van der Waals surface area contributed by atoms with Gasteiger partial charge in [0.1, 0.15) is 11.3 Å². The van der Waals surface area contributed by atoms with Gasteiger partial charge in [0.05, 0.1) is 17.3 Å². The number of nitrogens with zero attached hydrogens (tertiary/aromatic N) is 1. The van der Waals surface area contributed by atoms with Crippen LogP contribution < -0.4 is 10.6 Å². The van der Waals surface area contributed by atoms with Crippen LogP contribution in [-0.2, 0) is 17.3 Å². The molecule has 2 aromatic carbocycles. The number of hydrogen-bond acceptors (Lipinski definition) is 3. The quantitative estimate of drug-likeness (QED) is 0.309. The van der Waals surface area contributed by atoms with Gasteiger partial charge in [0.25, 0.3) is 0 Å². The fraction of sp³-hybridized carbons (Fsp3) is 0.250. The molecule has 3 aromatic rings. The van der Waals surface area contributed by atoms with E-state index >= 15 is 0 Å². The SMILES string of the molecule is CN=C(NCCS(=O)c1ccccc1)NCc1oc2ccccc2c1C.I. The molecule has 1 aromatic heterocycles. The fourth-order valence-electron chi connectivity index (χ4n) is 2.73. The molecule has 0 spiro atoms. The highest BCUT2D eigenvalue weighted by Crippen LogP contribution is 2.24. The summed E-state index contributed by atoms with van der Waals surface area (Å²) in [7, 11) is 0.697. The normalized spacial score (nSPS) is 12.4. The molecular weight excluding hydrogens is 473 g/mol. The number of fused-ring (bicyclic) bond motifs is 1. The van der Waals surface area contributed by atoms with Crippen LogP contribution in [0.5, 0.6) is 0 Å². The minimum atomic E-state index is -1.02. The van der Waals surface area contributed by atoms with Crippen LogP contribution in [0.2, 0.25) is 0 Å². The zero-order valence-corrected chi connectivity index (χ0v) is 18.5. The fourth-order valence-corrected chi connectivity index (χ4v) is 3.71. The molecule has 0 amide bonds. The average molecular weight is 497 g/mol. The van der Waals surface area contributed by atoms with Gasteiger partial charge in [-0.15, -0.1) is 24.0 Å². The highest BCUT2D eigenvalue weighted by molar-refractivity contribution is 14.0. The van der Waals surface area contributed by atoms with Gasteiger partial charge in [-0.2, -0.15) is 0 Å². The molecule has 1 heterocycles. The Balaban J connectivity index is 0.00000261. The molecule has 0 fully saturated rings. The third-order valence-corrected chi connectivity index (χ3v) is 5.54. The lowest BCUT2D eigenvalue weighted by Crippen LogP contribution is -2.38. The summed E-state index contributed by atoms with van der Waals surface area (Å²) in [5.41, 5.74) is 2.02. The van der Waals surface area contributed by atoms with E-state index in [1.165, 1.54) is 0 Å². The number of benzene rings is 2. The van der Waals surface area contributed by atoms with Gasteiger partial charge in [0.2, 0.25) is 0 Å². The molecule has 0 bridgehead atoms.